The molecule has 2 aromatic rings. The van der Waals surface area contributed by atoms with Crippen LogP contribution in [-0.4, -0.2) is 52.8 Å². The Kier molecular flexibility index (Phi) is 5.68. The maximum atomic E-state index is 12.5. The molecule has 0 spiro atoms. The van der Waals surface area contributed by atoms with Gasteiger partial charge in [0.25, 0.3) is 5.91 Å². The molecule has 0 aliphatic carbocycles. The van der Waals surface area contributed by atoms with Gasteiger partial charge in [-0.1, -0.05) is 25.1 Å². The third kappa shape index (κ3) is 4.11. The van der Waals surface area contributed by atoms with E-state index in [9.17, 15) is 9.59 Å². The molecule has 0 atom stereocenters. The molecular formula is C19H24N4O3. The van der Waals surface area contributed by atoms with E-state index < -0.39 is 0 Å². The Balaban J connectivity index is 1.67. The van der Waals surface area contributed by atoms with Gasteiger partial charge in [0, 0.05) is 24.5 Å². The van der Waals surface area contributed by atoms with E-state index in [-0.39, 0.29) is 18.4 Å². The molecule has 3 rings (SSSR count). The molecule has 0 saturated carbocycles. The number of aryl methyl sites for hydroxylation is 2. The first-order valence-electron chi connectivity index (χ1n) is 8.87. The van der Waals surface area contributed by atoms with Crippen molar-refractivity contribution in [1.29, 1.82) is 0 Å². The minimum Gasteiger partial charge on any atom is -0.378 e. The lowest BCUT2D eigenvalue weighted by Gasteiger charge is -2.25. The summed E-state index contributed by atoms with van der Waals surface area (Å²) in [7, 11) is 0. The number of anilines is 1. The van der Waals surface area contributed by atoms with Crippen LogP contribution in [0.3, 0.4) is 0 Å². The van der Waals surface area contributed by atoms with Crippen LogP contribution in [0, 0.1) is 6.92 Å². The van der Waals surface area contributed by atoms with E-state index >= 15 is 0 Å². The van der Waals surface area contributed by atoms with E-state index in [4.69, 9.17) is 4.74 Å². The van der Waals surface area contributed by atoms with Crippen LogP contribution in [0.1, 0.15) is 28.7 Å². The van der Waals surface area contributed by atoms with Crippen molar-refractivity contribution in [3.63, 3.8) is 0 Å². The van der Waals surface area contributed by atoms with Crippen molar-refractivity contribution in [2.24, 2.45) is 0 Å². The van der Waals surface area contributed by atoms with Gasteiger partial charge < -0.3 is 15.0 Å². The molecule has 1 aromatic carbocycles. The minimum atomic E-state index is -0.164. The first kappa shape index (κ1) is 18.1. The number of nitrogens with one attached hydrogen (secondary N) is 1. The summed E-state index contributed by atoms with van der Waals surface area (Å²) in [5.41, 5.74) is 3.04. The average molecular weight is 356 g/mol. The Labute approximate surface area is 152 Å². The molecular weight excluding hydrogens is 332 g/mol. The second kappa shape index (κ2) is 8.14. The van der Waals surface area contributed by atoms with E-state index in [0.29, 0.717) is 32.0 Å². The Morgan fingerprint density at radius 2 is 1.96 bits per heavy atom. The highest BCUT2D eigenvalue weighted by Gasteiger charge is 2.22. The van der Waals surface area contributed by atoms with Gasteiger partial charge in [-0.25, -0.2) is 0 Å². The number of ether oxygens (including phenoxy) is 1. The maximum absolute atomic E-state index is 12.5. The molecule has 1 fully saturated rings. The highest BCUT2D eigenvalue weighted by atomic mass is 16.5. The standard InChI is InChI=1S/C19H24N4O3/c1-3-15-6-4-5-7-16(15)20-18(24)13-23-14(2)12-17(21-23)19(25)22-8-10-26-11-9-22/h4-7,12H,3,8-11,13H2,1-2H3,(H,20,24). The highest BCUT2D eigenvalue weighted by Crippen LogP contribution is 2.16. The Morgan fingerprint density at radius 1 is 1.23 bits per heavy atom. The van der Waals surface area contributed by atoms with Crippen LogP contribution in [0.25, 0.3) is 0 Å². The molecule has 1 saturated heterocycles. The second-order valence-corrected chi connectivity index (χ2v) is 6.29. The number of hydrogen-bond acceptors (Lipinski definition) is 4. The number of nitrogens with zero attached hydrogens (tertiary/aromatic N) is 3. The summed E-state index contributed by atoms with van der Waals surface area (Å²) in [4.78, 5) is 26.6. The fraction of sp³-hybridized carbons (Fsp3) is 0.421. The summed E-state index contributed by atoms with van der Waals surface area (Å²) in [6.45, 7) is 6.19. The zero-order valence-electron chi connectivity index (χ0n) is 15.2. The van der Waals surface area contributed by atoms with Gasteiger partial charge in [0.15, 0.2) is 5.69 Å². The topological polar surface area (TPSA) is 76.5 Å². The lowest BCUT2D eigenvalue weighted by atomic mass is 10.1. The SMILES string of the molecule is CCc1ccccc1NC(=O)Cn1nc(C(=O)N2CCOCC2)cc1C. The number of amides is 2. The number of aromatic nitrogens is 2. The molecule has 2 heterocycles. The fourth-order valence-electron chi connectivity index (χ4n) is 2.98. The summed E-state index contributed by atoms with van der Waals surface area (Å²) >= 11 is 0. The number of rotatable bonds is 5. The number of morpholine rings is 1. The zero-order chi connectivity index (χ0) is 18.5. The molecule has 7 nitrogen and oxygen atoms in total. The van der Waals surface area contributed by atoms with Crippen molar-refractivity contribution < 1.29 is 14.3 Å². The van der Waals surface area contributed by atoms with Crippen LogP contribution < -0.4 is 5.32 Å². The van der Waals surface area contributed by atoms with Crippen LogP contribution in [-0.2, 0) is 22.5 Å². The molecule has 1 aromatic heterocycles. The number of carbonyl (C=O) groups is 2. The normalized spacial score (nSPS) is 14.3. The number of hydrogen-bond donors (Lipinski definition) is 1. The predicted octanol–water partition coefficient (Wildman–Crippen LogP) is 1.87. The van der Waals surface area contributed by atoms with Crippen LogP contribution >= 0.6 is 0 Å². The van der Waals surface area contributed by atoms with Crippen molar-refractivity contribution in [3.8, 4) is 0 Å². The summed E-state index contributed by atoms with van der Waals surface area (Å²) < 4.78 is 6.84. The molecule has 0 radical (unpaired) electrons. The van der Waals surface area contributed by atoms with Crippen molar-refractivity contribution in [3.05, 3.63) is 47.3 Å². The van der Waals surface area contributed by atoms with Crippen LogP contribution in [0.15, 0.2) is 30.3 Å². The first-order valence-corrected chi connectivity index (χ1v) is 8.87. The summed E-state index contributed by atoms with van der Waals surface area (Å²) in [6, 6.07) is 9.46. The summed E-state index contributed by atoms with van der Waals surface area (Å²) in [5.74, 6) is -0.283. The molecule has 2 amide bonds. The van der Waals surface area contributed by atoms with Crippen molar-refractivity contribution in [2.45, 2.75) is 26.8 Å². The average Bonchev–Trinajstić information content (AvgIpc) is 3.02. The molecule has 26 heavy (non-hydrogen) atoms. The van der Waals surface area contributed by atoms with Crippen molar-refractivity contribution in [1.82, 2.24) is 14.7 Å². The van der Waals surface area contributed by atoms with Gasteiger partial charge in [-0.2, -0.15) is 5.10 Å². The monoisotopic (exact) mass is 356 g/mol. The van der Waals surface area contributed by atoms with Gasteiger partial charge in [0.05, 0.1) is 13.2 Å². The molecule has 138 valence electrons. The largest absolute Gasteiger partial charge is 0.378 e. The van der Waals surface area contributed by atoms with Crippen molar-refractivity contribution in [2.75, 3.05) is 31.6 Å². The van der Waals surface area contributed by atoms with Crippen LogP contribution in [0.4, 0.5) is 5.69 Å². The van der Waals surface area contributed by atoms with Gasteiger partial charge in [0.1, 0.15) is 6.54 Å². The number of benzene rings is 1. The van der Waals surface area contributed by atoms with Crippen molar-refractivity contribution >= 4 is 17.5 Å². The quantitative estimate of drug-likeness (QED) is 0.887. The smallest absolute Gasteiger partial charge is 0.274 e. The molecule has 0 bridgehead atoms. The van der Waals surface area contributed by atoms with E-state index in [2.05, 4.69) is 10.4 Å². The first-order chi connectivity index (χ1) is 12.6. The zero-order valence-corrected chi connectivity index (χ0v) is 15.2. The minimum absolute atomic E-state index is 0.0697. The molecule has 7 heteroatoms. The predicted molar refractivity (Wildman–Crippen MR) is 98.1 cm³/mol. The van der Waals surface area contributed by atoms with E-state index in [1.165, 1.54) is 0 Å². The van der Waals surface area contributed by atoms with E-state index in [0.717, 1.165) is 23.4 Å². The van der Waals surface area contributed by atoms with Crippen LogP contribution in [0.5, 0.6) is 0 Å². The Morgan fingerprint density at radius 3 is 2.69 bits per heavy atom. The van der Waals surface area contributed by atoms with Crippen LogP contribution in [0.2, 0.25) is 0 Å². The fourth-order valence-corrected chi connectivity index (χ4v) is 2.98. The molecule has 1 aliphatic rings. The Bertz CT molecular complexity index is 794. The van der Waals surface area contributed by atoms with Gasteiger partial charge >= 0.3 is 0 Å². The third-order valence-electron chi connectivity index (χ3n) is 4.46. The maximum Gasteiger partial charge on any atom is 0.274 e. The van der Waals surface area contributed by atoms with Gasteiger partial charge in [0.2, 0.25) is 5.91 Å². The number of para-hydroxylation sites is 1. The number of carbonyl (C=O) groups excluding carboxylic acids is 2. The van der Waals surface area contributed by atoms with Gasteiger partial charge in [-0.05, 0) is 31.0 Å². The highest BCUT2D eigenvalue weighted by molar-refractivity contribution is 5.93. The molecule has 0 unspecified atom stereocenters. The van der Waals surface area contributed by atoms with Gasteiger partial charge in [-0.15, -0.1) is 0 Å². The third-order valence-corrected chi connectivity index (χ3v) is 4.46. The summed E-state index contributed by atoms with van der Waals surface area (Å²) in [6.07, 6.45) is 0.843. The van der Waals surface area contributed by atoms with E-state index in [1.807, 2.05) is 38.1 Å². The van der Waals surface area contributed by atoms with Gasteiger partial charge in [-0.3, -0.25) is 14.3 Å². The lowest BCUT2D eigenvalue weighted by Crippen LogP contribution is -2.40. The summed E-state index contributed by atoms with van der Waals surface area (Å²) in [5, 5.41) is 7.26. The lowest BCUT2D eigenvalue weighted by molar-refractivity contribution is -0.116. The molecule has 1 aliphatic heterocycles. The second-order valence-electron chi connectivity index (χ2n) is 6.29. The Hall–Kier alpha value is -2.67. The molecule has 1 N–H and O–H groups in total. The van der Waals surface area contributed by atoms with E-state index in [1.54, 1.807) is 15.6 Å².